The summed E-state index contributed by atoms with van der Waals surface area (Å²) in [7, 11) is 1.61. The SMILES string of the molecule is COc1ccc(CC(=O)NN=C(C)c2ccncc2)cc1. The quantitative estimate of drug-likeness (QED) is 0.675. The van der Waals surface area contributed by atoms with E-state index in [9.17, 15) is 4.79 Å². The van der Waals surface area contributed by atoms with Crippen LogP contribution in [-0.2, 0) is 11.2 Å². The summed E-state index contributed by atoms with van der Waals surface area (Å²) in [6.45, 7) is 1.84. The van der Waals surface area contributed by atoms with Gasteiger partial charge in [-0.05, 0) is 36.8 Å². The van der Waals surface area contributed by atoms with E-state index in [0.717, 1.165) is 22.6 Å². The number of nitrogens with one attached hydrogen (secondary N) is 1. The van der Waals surface area contributed by atoms with Crippen LogP contribution in [0.25, 0.3) is 0 Å². The van der Waals surface area contributed by atoms with Gasteiger partial charge in [0.25, 0.3) is 0 Å². The molecule has 0 unspecified atom stereocenters. The topological polar surface area (TPSA) is 63.6 Å². The van der Waals surface area contributed by atoms with Crippen LogP contribution < -0.4 is 10.2 Å². The van der Waals surface area contributed by atoms with Gasteiger partial charge in [-0.3, -0.25) is 9.78 Å². The molecule has 0 saturated carbocycles. The molecule has 0 radical (unpaired) electrons. The van der Waals surface area contributed by atoms with Crippen LogP contribution in [0.2, 0.25) is 0 Å². The predicted octanol–water partition coefficient (Wildman–Crippen LogP) is 2.17. The normalized spacial score (nSPS) is 11.0. The molecule has 1 heterocycles. The number of ether oxygens (including phenoxy) is 1. The number of nitrogens with zero attached hydrogens (tertiary/aromatic N) is 2. The lowest BCUT2D eigenvalue weighted by molar-refractivity contribution is -0.120. The van der Waals surface area contributed by atoms with Gasteiger partial charge in [-0.1, -0.05) is 12.1 Å². The van der Waals surface area contributed by atoms with E-state index in [-0.39, 0.29) is 12.3 Å². The van der Waals surface area contributed by atoms with E-state index < -0.39 is 0 Å². The maximum absolute atomic E-state index is 11.8. The first-order valence-corrected chi connectivity index (χ1v) is 6.55. The van der Waals surface area contributed by atoms with Gasteiger partial charge in [0.1, 0.15) is 5.75 Å². The maximum Gasteiger partial charge on any atom is 0.244 e. The molecular formula is C16H17N3O2. The smallest absolute Gasteiger partial charge is 0.244 e. The van der Waals surface area contributed by atoms with Crippen molar-refractivity contribution in [1.29, 1.82) is 0 Å². The number of carbonyl (C=O) groups excluding carboxylic acids is 1. The Morgan fingerprint density at radius 2 is 1.86 bits per heavy atom. The molecule has 5 nitrogen and oxygen atoms in total. The molecule has 0 bridgehead atoms. The van der Waals surface area contributed by atoms with Gasteiger partial charge in [-0.25, -0.2) is 5.43 Å². The summed E-state index contributed by atoms with van der Waals surface area (Å²) in [6.07, 6.45) is 3.65. The average molecular weight is 283 g/mol. The van der Waals surface area contributed by atoms with Crippen LogP contribution in [0.5, 0.6) is 5.75 Å². The van der Waals surface area contributed by atoms with Crippen molar-refractivity contribution in [3.05, 3.63) is 59.9 Å². The Morgan fingerprint density at radius 1 is 1.19 bits per heavy atom. The van der Waals surface area contributed by atoms with Crippen LogP contribution in [0.1, 0.15) is 18.1 Å². The van der Waals surface area contributed by atoms with E-state index in [0.29, 0.717) is 0 Å². The minimum atomic E-state index is -0.159. The minimum Gasteiger partial charge on any atom is -0.497 e. The lowest BCUT2D eigenvalue weighted by atomic mass is 10.1. The van der Waals surface area contributed by atoms with Crippen molar-refractivity contribution in [3.63, 3.8) is 0 Å². The Kier molecular flexibility index (Phi) is 5.04. The molecule has 2 aromatic rings. The van der Waals surface area contributed by atoms with Crippen molar-refractivity contribution in [2.75, 3.05) is 7.11 Å². The first-order chi connectivity index (χ1) is 10.2. The van der Waals surface area contributed by atoms with Gasteiger partial charge in [0.15, 0.2) is 0 Å². The lowest BCUT2D eigenvalue weighted by Crippen LogP contribution is -2.21. The van der Waals surface area contributed by atoms with E-state index >= 15 is 0 Å². The van der Waals surface area contributed by atoms with Crippen LogP contribution in [0.15, 0.2) is 53.9 Å². The summed E-state index contributed by atoms with van der Waals surface area (Å²) in [4.78, 5) is 15.8. The third-order valence-corrected chi connectivity index (χ3v) is 2.97. The molecule has 0 aliphatic rings. The van der Waals surface area contributed by atoms with E-state index in [2.05, 4.69) is 15.5 Å². The lowest BCUT2D eigenvalue weighted by Gasteiger charge is -2.04. The van der Waals surface area contributed by atoms with E-state index in [4.69, 9.17) is 4.74 Å². The molecule has 0 aliphatic heterocycles. The Labute approximate surface area is 123 Å². The zero-order valence-electron chi connectivity index (χ0n) is 12.0. The largest absolute Gasteiger partial charge is 0.497 e. The van der Waals surface area contributed by atoms with Gasteiger partial charge in [-0.2, -0.15) is 5.10 Å². The first kappa shape index (κ1) is 14.7. The second-order valence-electron chi connectivity index (χ2n) is 4.49. The Hall–Kier alpha value is -2.69. The average Bonchev–Trinajstić information content (AvgIpc) is 2.54. The number of hydrazone groups is 1. The molecule has 1 amide bonds. The van der Waals surface area contributed by atoms with Crippen molar-refractivity contribution in [2.24, 2.45) is 5.10 Å². The van der Waals surface area contributed by atoms with Gasteiger partial charge >= 0.3 is 0 Å². The van der Waals surface area contributed by atoms with Crippen LogP contribution >= 0.6 is 0 Å². The summed E-state index contributed by atoms with van der Waals surface area (Å²) >= 11 is 0. The zero-order chi connectivity index (χ0) is 15.1. The molecule has 2 rings (SSSR count). The minimum absolute atomic E-state index is 0.159. The highest BCUT2D eigenvalue weighted by Gasteiger charge is 2.03. The van der Waals surface area contributed by atoms with E-state index in [1.807, 2.05) is 43.3 Å². The zero-order valence-corrected chi connectivity index (χ0v) is 12.0. The van der Waals surface area contributed by atoms with Gasteiger partial charge in [0.2, 0.25) is 5.91 Å². The van der Waals surface area contributed by atoms with Crippen molar-refractivity contribution in [2.45, 2.75) is 13.3 Å². The summed E-state index contributed by atoms with van der Waals surface area (Å²) in [5, 5.41) is 4.09. The molecular weight excluding hydrogens is 266 g/mol. The molecule has 0 atom stereocenters. The Morgan fingerprint density at radius 3 is 2.48 bits per heavy atom. The molecule has 0 aliphatic carbocycles. The molecule has 1 N–H and O–H groups in total. The molecule has 5 heteroatoms. The molecule has 0 saturated heterocycles. The number of amides is 1. The fourth-order valence-corrected chi connectivity index (χ4v) is 1.77. The number of hydrogen-bond acceptors (Lipinski definition) is 4. The number of rotatable bonds is 5. The molecule has 1 aromatic carbocycles. The van der Waals surface area contributed by atoms with Crippen molar-refractivity contribution >= 4 is 11.6 Å². The van der Waals surface area contributed by atoms with Crippen LogP contribution in [0.3, 0.4) is 0 Å². The summed E-state index contributed by atoms with van der Waals surface area (Å²) < 4.78 is 5.07. The van der Waals surface area contributed by atoms with Crippen molar-refractivity contribution < 1.29 is 9.53 Å². The number of aromatic nitrogens is 1. The Balaban J connectivity index is 1.92. The third kappa shape index (κ3) is 4.42. The highest BCUT2D eigenvalue weighted by molar-refractivity contribution is 5.99. The first-order valence-electron chi connectivity index (χ1n) is 6.55. The summed E-state index contributed by atoms with van der Waals surface area (Å²) in [6, 6.07) is 11.1. The standard InChI is InChI=1S/C16H17N3O2/c1-12(14-7-9-17-10-8-14)18-19-16(20)11-13-3-5-15(21-2)6-4-13/h3-10H,11H2,1-2H3,(H,19,20). The monoisotopic (exact) mass is 283 g/mol. The van der Waals surface area contributed by atoms with Crippen molar-refractivity contribution in [3.8, 4) is 5.75 Å². The van der Waals surface area contributed by atoms with Gasteiger partial charge in [0, 0.05) is 18.0 Å². The molecule has 1 aromatic heterocycles. The predicted molar refractivity (Wildman–Crippen MR) is 81.3 cm³/mol. The van der Waals surface area contributed by atoms with Crippen LogP contribution in [0.4, 0.5) is 0 Å². The molecule has 21 heavy (non-hydrogen) atoms. The van der Waals surface area contributed by atoms with Crippen molar-refractivity contribution in [1.82, 2.24) is 10.4 Å². The van der Waals surface area contributed by atoms with E-state index in [1.165, 1.54) is 0 Å². The fraction of sp³-hybridized carbons (Fsp3) is 0.188. The number of hydrogen-bond donors (Lipinski definition) is 1. The molecule has 108 valence electrons. The third-order valence-electron chi connectivity index (χ3n) is 2.97. The van der Waals surface area contributed by atoms with Crippen LogP contribution in [-0.4, -0.2) is 23.7 Å². The number of carbonyl (C=O) groups is 1. The number of benzene rings is 1. The van der Waals surface area contributed by atoms with Gasteiger partial charge in [0.05, 0.1) is 19.2 Å². The van der Waals surface area contributed by atoms with Gasteiger partial charge in [-0.15, -0.1) is 0 Å². The second-order valence-corrected chi connectivity index (χ2v) is 4.49. The number of pyridine rings is 1. The highest BCUT2D eigenvalue weighted by Crippen LogP contribution is 2.11. The fourth-order valence-electron chi connectivity index (χ4n) is 1.77. The summed E-state index contributed by atoms with van der Waals surface area (Å²) in [5.74, 6) is 0.610. The number of methoxy groups -OCH3 is 1. The second kappa shape index (κ2) is 7.19. The Bertz CT molecular complexity index is 622. The molecule has 0 spiro atoms. The van der Waals surface area contributed by atoms with E-state index in [1.54, 1.807) is 19.5 Å². The highest BCUT2D eigenvalue weighted by atomic mass is 16.5. The van der Waals surface area contributed by atoms with Crippen LogP contribution in [0, 0.1) is 0 Å². The summed E-state index contributed by atoms with van der Waals surface area (Å²) in [5.41, 5.74) is 5.13. The molecule has 0 fully saturated rings. The maximum atomic E-state index is 11.8. The van der Waals surface area contributed by atoms with Gasteiger partial charge < -0.3 is 4.74 Å².